The number of rotatable bonds is 19. The monoisotopic (exact) mass is 504 g/mol. The Morgan fingerprint density at radius 1 is 0.821 bits per heavy atom. The Morgan fingerprint density at radius 3 is 1.86 bits per heavy atom. The van der Waals surface area contributed by atoms with Gasteiger partial charge in [-0.1, -0.05) is 0 Å². The second-order valence-corrected chi connectivity index (χ2v) is 21.0. The van der Waals surface area contributed by atoms with Crippen molar-refractivity contribution in [2.75, 3.05) is 6.61 Å². The van der Waals surface area contributed by atoms with E-state index >= 15 is 0 Å². The van der Waals surface area contributed by atoms with E-state index < -0.39 is 24.3 Å². The Morgan fingerprint density at radius 2 is 1.36 bits per heavy atom. The zero-order chi connectivity index (χ0) is 21.1. The van der Waals surface area contributed by atoms with Crippen molar-refractivity contribution in [2.24, 2.45) is 0 Å². The molecule has 0 bridgehead atoms. The third-order valence-electron chi connectivity index (χ3n) is 5.38. The van der Waals surface area contributed by atoms with Crippen LogP contribution in [-0.4, -0.2) is 42.0 Å². The molecule has 0 radical (unpaired) electrons. The van der Waals surface area contributed by atoms with Gasteiger partial charge in [0.25, 0.3) is 0 Å². The van der Waals surface area contributed by atoms with Crippen LogP contribution in [0.1, 0.15) is 97.8 Å². The van der Waals surface area contributed by atoms with E-state index in [9.17, 15) is 9.59 Å². The Labute approximate surface area is 177 Å². The van der Waals surface area contributed by atoms with Gasteiger partial charge >= 0.3 is 168 Å². The van der Waals surface area contributed by atoms with Crippen molar-refractivity contribution in [2.45, 2.75) is 111 Å². The molecule has 0 saturated carbocycles. The van der Waals surface area contributed by atoms with E-state index in [0.29, 0.717) is 25.9 Å². The number of ether oxygens (including phenoxy) is 1. The molecular weight excluding hydrogens is 459 g/mol. The fourth-order valence-corrected chi connectivity index (χ4v) is 18.1. The van der Waals surface area contributed by atoms with Gasteiger partial charge < -0.3 is 5.11 Å². The molecule has 5 heteroatoms. The maximum atomic E-state index is 11.8. The average Bonchev–Trinajstić information content (AvgIpc) is 2.68. The van der Waals surface area contributed by atoms with Gasteiger partial charge in [0.2, 0.25) is 0 Å². The van der Waals surface area contributed by atoms with Crippen LogP contribution in [0.2, 0.25) is 13.3 Å². The van der Waals surface area contributed by atoms with Crippen LogP contribution in [0.5, 0.6) is 0 Å². The predicted molar refractivity (Wildman–Crippen MR) is 120 cm³/mol. The quantitative estimate of drug-likeness (QED) is 0.118. The number of esters is 1. The first-order valence-corrected chi connectivity index (χ1v) is 19.2. The summed E-state index contributed by atoms with van der Waals surface area (Å²) in [7, 11) is 0. The first kappa shape index (κ1) is 27.5. The van der Waals surface area contributed by atoms with Gasteiger partial charge in [0.05, 0.1) is 0 Å². The normalized spacial score (nSPS) is 11.8. The number of carbonyl (C=O) groups excluding carboxylic acids is 1. The topological polar surface area (TPSA) is 63.6 Å². The van der Waals surface area contributed by atoms with E-state index in [1.165, 1.54) is 51.8 Å². The zero-order valence-electron chi connectivity index (χ0n) is 18.6. The summed E-state index contributed by atoms with van der Waals surface area (Å²) in [5.41, 5.74) is 0. The second kappa shape index (κ2) is 18.5. The van der Waals surface area contributed by atoms with Crippen LogP contribution in [0.4, 0.5) is 0 Å². The third-order valence-corrected chi connectivity index (χ3v) is 19.6. The standard InChI is InChI=1S/C11H17O4.3C4H9.Sn/c1-2-3-9-15-11(14)8-6-4-5-7-10(12)13;3*1-3-4-2;/h1-2H,3-9H2,(H,12,13);3*1,3-4H2,2H3;. The van der Waals surface area contributed by atoms with E-state index in [2.05, 4.69) is 30.9 Å². The van der Waals surface area contributed by atoms with Crippen LogP contribution in [0.15, 0.2) is 10.2 Å². The molecule has 0 spiro atoms. The van der Waals surface area contributed by atoms with Gasteiger partial charge in [-0.2, -0.15) is 0 Å². The van der Waals surface area contributed by atoms with Gasteiger partial charge in [-0.25, -0.2) is 0 Å². The summed E-state index contributed by atoms with van der Waals surface area (Å²) in [6.45, 7) is 7.35. The second-order valence-electron chi connectivity index (χ2n) is 8.04. The SMILES string of the molecule is CCC[CH2][Sn](/[CH]=C/CCOC(=O)CCCCCC(=O)O)([CH2]CCC)[CH2]CCC. The average molecular weight is 503 g/mol. The van der Waals surface area contributed by atoms with Gasteiger partial charge in [0.15, 0.2) is 0 Å². The molecule has 0 aromatic carbocycles. The molecule has 1 N–H and O–H groups in total. The van der Waals surface area contributed by atoms with E-state index in [1.807, 2.05) is 0 Å². The van der Waals surface area contributed by atoms with Gasteiger partial charge in [-0.15, -0.1) is 0 Å². The summed E-state index contributed by atoms with van der Waals surface area (Å²) in [5, 5.41) is 8.60. The summed E-state index contributed by atoms with van der Waals surface area (Å²) in [6.07, 6.45) is 13.8. The summed E-state index contributed by atoms with van der Waals surface area (Å²) in [4.78, 5) is 22.2. The Kier molecular flexibility index (Phi) is 18.2. The van der Waals surface area contributed by atoms with Crippen LogP contribution in [0.25, 0.3) is 0 Å². The molecule has 4 nitrogen and oxygen atoms in total. The number of hydrogen-bond acceptors (Lipinski definition) is 3. The molecule has 0 aliphatic carbocycles. The van der Waals surface area contributed by atoms with Crippen molar-refractivity contribution in [1.82, 2.24) is 0 Å². The Bertz CT molecular complexity index is 413. The van der Waals surface area contributed by atoms with Crippen LogP contribution in [0.3, 0.4) is 0 Å². The fourth-order valence-electron chi connectivity index (χ4n) is 3.58. The van der Waals surface area contributed by atoms with Crippen LogP contribution >= 0.6 is 0 Å². The molecule has 0 amide bonds. The molecule has 0 unspecified atom stereocenters. The number of unbranched alkanes of at least 4 members (excludes halogenated alkanes) is 5. The number of carboxylic acid groups (broad SMARTS) is 1. The molecule has 0 aliphatic heterocycles. The molecule has 0 saturated heterocycles. The molecule has 0 aromatic heterocycles. The van der Waals surface area contributed by atoms with Gasteiger partial charge in [-0.05, 0) is 0 Å². The van der Waals surface area contributed by atoms with Crippen molar-refractivity contribution in [3.8, 4) is 0 Å². The van der Waals surface area contributed by atoms with Crippen molar-refractivity contribution >= 4 is 30.3 Å². The summed E-state index contributed by atoms with van der Waals surface area (Å²) < 4.78 is 12.4. The van der Waals surface area contributed by atoms with E-state index in [0.717, 1.165) is 12.8 Å². The van der Waals surface area contributed by atoms with Gasteiger partial charge in [-0.3, -0.25) is 4.79 Å². The van der Waals surface area contributed by atoms with Crippen LogP contribution in [-0.2, 0) is 14.3 Å². The molecular formula is C23H44O4Sn. The fraction of sp³-hybridized carbons (Fsp3) is 0.826. The van der Waals surface area contributed by atoms with E-state index in [4.69, 9.17) is 9.84 Å². The summed E-state index contributed by atoms with van der Waals surface area (Å²) in [5.74, 6) is -0.922. The minimum absolute atomic E-state index is 0.151. The van der Waals surface area contributed by atoms with E-state index in [-0.39, 0.29) is 12.4 Å². The first-order valence-electron chi connectivity index (χ1n) is 11.5. The third kappa shape index (κ3) is 15.4. The number of hydrogen-bond donors (Lipinski definition) is 1. The van der Waals surface area contributed by atoms with E-state index in [1.54, 1.807) is 0 Å². The molecule has 0 aromatic rings. The van der Waals surface area contributed by atoms with Crippen molar-refractivity contribution in [3.05, 3.63) is 10.2 Å². The molecule has 0 fully saturated rings. The molecule has 0 atom stereocenters. The van der Waals surface area contributed by atoms with Crippen LogP contribution < -0.4 is 0 Å². The van der Waals surface area contributed by atoms with Gasteiger partial charge in [0.1, 0.15) is 0 Å². The predicted octanol–water partition coefficient (Wildman–Crippen LogP) is 6.90. The summed E-state index contributed by atoms with van der Waals surface area (Å²) in [6, 6.07) is 0. The summed E-state index contributed by atoms with van der Waals surface area (Å²) >= 11 is -2.19. The maximum absolute atomic E-state index is 11.8. The molecule has 164 valence electrons. The van der Waals surface area contributed by atoms with Crippen molar-refractivity contribution in [3.63, 3.8) is 0 Å². The minimum atomic E-state index is -2.19. The number of aliphatic carboxylic acids is 1. The van der Waals surface area contributed by atoms with Crippen molar-refractivity contribution in [1.29, 1.82) is 0 Å². The molecule has 0 heterocycles. The zero-order valence-corrected chi connectivity index (χ0v) is 21.5. The van der Waals surface area contributed by atoms with Crippen molar-refractivity contribution < 1.29 is 19.4 Å². The van der Waals surface area contributed by atoms with Gasteiger partial charge in [0, 0.05) is 0 Å². The molecule has 0 rings (SSSR count). The Hall–Kier alpha value is -0.521. The first-order chi connectivity index (χ1) is 13.5. The molecule has 0 aliphatic rings. The number of carboxylic acids is 1. The van der Waals surface area contributed by atoms with Crippen LogP contribution in [0, 0.1) is 0 Å². The Balaban J connectivity index is 4.29. The molecule has 28 heavy (non-hydrogen) atoms. The number of carbonyl (C=O) groups is 2.